The molecule has 1 atom stereocenters. The van der Waals surface area contributed by atoms with Gasteiger partial charge in [0.1, 0.15) is 8.56 Å². The monoisotopic (exact) mass is 262 g/mol. The van der Waals surface area contributed by atoms with E-state index in [4.69, 9.17) is 8.85 Å². The summed E-state index contributed by atoms with van der Waals surface area (Å²) in [6, 6.07) is 1.13. The molecule has 0 rings (SSSR count). The molecule has 0 saturated heterocycles. The van der Waals surface area contributed by atoms with Crippen molar-refractivity contribution in [3.63, 3.8) is 0 Å². The Bertz CT molecular complexity index is 213. The largest absolute Gasteiger partial charge is 0.463 e. The van der Waals surface area contributed by atoms with E-state index >= 15 is 0 Å². The van der Waals surface area contributed by atoms with Crippen molar-refractivity contribution >= 4 is 32.6 Å². The molecule has 0 saturated carbocycles. The molecule has 0 fully saturated rings. The Morgan fingerprint density at radius 2 is 2.13 bits per heavy atom. The van der Waals surface area contributed by atoms with Crippen LogP contribution in [0.25, 0.3) is 0 Å². The van der Waals surface area contributed by atoms with Gasteiger partial charge >= 0.3 is 5.97 Å². The van der Waals surface area contributed by atoms with E-state index in [1.165, 1.54) is 15.8 Å². The summed E-state index contributed by atoms with van der Waals surface area (Å²) in [7, 11) is -1.08. The second-order valence-electron chi connectivity index (χ2n) is 4.55. The van der Waals surface area contributed by atoms with Crippen LogP contribution in [0.15, 0.2) is 12.7 Å². The number of carbonyl (C=O) groups is 1. The molecule has 0 aromatic carbocycles. The molecule has 6 heteroatoms. The fraction of sp³-hybridized carbons (Fsp3) is 0.667. The summed E-state index contributed by atoms with van der Waals surface area (Å²) in [5.41, 5.74) is 0. The lowest BCUT2D eigenvalue weighted by atomic mass is 10.5. The molecular weight excluding hydrogens is 240 g/mol. The summed E-state index contributed by atoms with van der Waals surface area (Å²) < 4.78 is 11.0. The molecule has 0 aromatic heterocycles. The van der Waals surface area contributed by atoms with Gasteiger partial charge in [-0.05, 0) is 32.1 Å². The van der Waals surface area contributed by atoms with Gasteiger partial charge in [0, 0.05) is 15.8 Å². The fourth-order valence-corrected chi connectivity index (χ4v) is 14.9. The van der Waals surface area contributed by atoms with Crippen LogP contribution >= 0.6 is 0 Å². The highest BCUT2D eigenvalue weighted by molar-refractivity contribution is 7.03. The maximum atomic E-state index is 10.7. The van der Waals surface area contributed by atoms with E-state index in [1.54, 1.807) is 0 Å². The van der Waals surface area contributed by atoms with Gasteiger partial charge in [0.15, 0.2) is 8.32 Å². The van der Waals surface area contributed by atoms with E-state index in [0.717, 1.165) is 12.5 Å². The third-order valence-electron chi connectivity index (χ3n) is 1.72. The highest BCUT2D eigenvalue weighted by Crippen LogP contribution is 2.07. The summed E-state index contributed by atoms with van der Waals surface area (Å²) in [4.78, 5) is 10.7. The highest BCUT2D eigenvalue weighted by Gasteiger charge is 2.18. The number of carbonyl (C=O) groups excluding carboxylic acids is 1. The minimum absolute atomic E-state index is 0.326. The van der Waals surface area contributed by atoms with Crippen molar-refractivity contribution < 1.29 is 13.6 Å². The van der Waals surface area contributed by atoms with Crippen molar-refractivity contribution in [3.05, 3.63) is 12.7 Å². The lowest BCUT2D eigenvalue weighted by Crippen LogP contribution is -2.35. The van der Waals surface area contributed by atoms with Crippen LogP contribution in [-0.4, -0.2) is 39.2 Å². The van der Waals surface area contributed by atoms with E-state index in [-0.39, 0.29) is 5.97 Å². The zero-order valence-electron chi connectivity index (χ0n) is 10.2. The van der Waals surface area contributed by atoms with Gasteiger partial charge < -0.3 is 8.85 Å². The zero-order chi connectivity index (χ0) is 11.9. The molecule has 1 unspecified atom stereocenters. The summed E-state index contributed by atoms with van der Waals surface area (Å²) in [6.07, 6.45) is 2.14. The minimum Gasteiger partial charge on any atom is -0.463 e. The Morgan fingerprint density at radius 1 is 1.53 bits per heavy atom. The van der Waals surface area contributed by atoms with Crippen LogP contribution < -0.4 is 0 Å². The standard InChI is InChI=1S/C9H22O3Si3/c1-5-9(10)11-7-6-8-14(13)12-15(2,3)4/h5,14H,1,6-8H2,2-4,13H3. The first-order valence-corrected chi connectivity index (χ1v) is 14.6. The van der Waals surface area contributed by atoms with Gasteiger partial charge in [0.2, 0.25) is 0 Å². The second-order valence-corrected chi connectivity index (χ2v) is 15.8. The summed E-state index contributed by atoms with van der Waals surface area (Å²) >= 11 is 0. The molecule has 0 N–H and O–H groups in total. The maximum Gasteiger partial charge on any atom is 0.330 e. The minimum atomic E-state index is -1.34. The van der Waals surface area contributed by atoms with Crippen molar-refractivity contribution in [2.75, 3.05) is 6.61 Å². The molecule has 0 spiro atoms. The Morgan fingerprint density at radius 3 is 2.60 bits per heavy atom. The van der Waals surface area contributed by atoms with E-state index < -0.39 is 16.9 Å². The molecule has 0 aliphatic heterocycles. The Kier molecular flexibility index (Phi) is 7.07. The third-order valence-corrected chi connectivity index (χ3v) is 11.2. The Hall–Kier alpha value is -0.179. The summed E-state index contributed by atoms with van der Waals surface area (Å²) in [6.45, 7) is 10.5. The van der Waals surface area contributed by atoms with E-state index in [1.807, 2.05) is 0 Å². The van der Waals surface area contributed by atoms with Crippen molar-refractivity contribution in [3.8, 4) is 0 Å². The van der Waals surface area contributed by atoms with Crippen LogP contribution in [0.2, 0.25) is 25.7 Å². The first kappa shape index (κ1) is 14.8. The van der Waals surface area contributed by atoms with Gasteiger partial charge in [0.05, 0.1) is 6.61 Å². The molecule has 0 radical (unpaired) electrons. The van der Waals surface area contributed by atoms with E-state index in [9.17, 15) is 4.79 Å². The average molecular weight is 263 g/mol. The van der Waals surface area contributed by atoms with Crippen LogP contribution in [0.5, 0.6) is 0 Å². The third kappa shape index (κ3) is 10.1. The second kappa shape index (κ2) is 7.15. The quantitative estimate of drug-likeness (QED) is 0.291. The molecule has 0 aliphatic rings. The first-order chi connectivity index (χ1) is 6.85. The number of esters is 1. The number of ether oxygens (including phenoxy) is 1. The van der Waals surface area contributed by atoms with Gasteiger partial charge in [-0.3, -0.25) is 0 Å². The van der Waals surface area contributed by atoms with Crippen molar-refractivity contribution in [2.45, 2.75) is 32.1 Å². The molecule has 0 heterocycles. The SMILES string of the molecule is C=CC(=O)OCCC[SiH]([SiH3])O[Si](C)(C)C. The normalized spacial score (nSPS) is 13.5. The van der Waals surface area contributed by atoms with E-state index in [2.05, 4.69) is 26.2 Å². The van der Waals surface area contributed by atoms with Gasteiger partial charge in [-0.25, -0.2) is 4.79 Å². The van der Waals surface area contributed by atoms with Gasteiger partial charge in [-0.1, -0.05) is 6.58 Å². The van der Waals surface area contributed by atoms with Crippen molar-refractivity contribution in [2.24, 2.45) is 0 Å². The average Bonchev–Trinajstić information content (AvgIpc) is 2.09. The van der Waals surface area contributed by atoms with Gasteiger partial charge in [0.25, 0.3) is 0 Å². The molecule has 0 aromatic rings. The lowest BCUT2D eigenvalue weighted by molar-refractivity contribution is -0.137. The molecule has 0 aliphatic carbocycles. The number of hydrogen-bond acceptors (Lipinski definition) is 3. The van der Waals surface area contributed by atoms with Crippen LogP contribution in [0.1, 0.15) is 6.42 Å². The summed E-state index contributed by atoms with van der Waals surface area (Å²) in [5, 5.41) is 0. The fourth-order valence-electron chi connectivity index (χ4n) is 1.26. The lowest BCUT2D eigenvalue weighted by Gasteiger charge is -2.23. The molecule has 3 nitrogen and oxygen atoms in total. The predicted molar refractivity (Wildman–Crippen MR) is 72.1 cm³/mol. The van der Waals surface area contributed by atoms with Crippen LogP contribution in [0, 0.1) is 0 Å². The first-order valence-electron chi connectivity index (χ1n) is 5.32. The van der Waals surface area contributed by atoms with Crippen LogP contribution in [0.3, 0.4) is 0 Å². The van der Waals surface area contributed by atoms with Gasteiger partial charge in [-0.15, -0.1) is 0 Å². The zero-order valence-corrected chi connectivity index (χ0v) is 14.4. The van der Waals surface area contributed by atoms with E-state index in [0.29, 0.717) is 6.61 Å². The maximum absolute atomic E-state index is 10.7. The Balaban J connectivity index is 3.51. The number of rotatable bonds is 7. The molecule has 0 amide bonds. The molecule has 0 bridgehead atoms. The van der Waals surface area contributed by atoms with Gasteiger partial charge in [-0.2, -0.15) is 0 Å². The number of hydrogen-bond donors (Lipinski definition) is 0. The molecule has 88 valence electrons. The molecular formula is C9H22O3Si3. The highest BCUT2D eigenvalue weighted by atomic mass is 29.2. The van der Waals surface area contributed by atoms with Crippen molar-refractivity contribution in [1.29, 1.82) is 0 Å². The molecule has 15 heavy (non-hydrogen) atoms. The van der Waals surface area contributed by atoms with Crippen LogP contribution in [-0.2, 0) is 13.6 Å². The van der Waals surface area contributed by atoms with Crippen molar-refractivity contribution in [1.82, 2.24) is 0 Å². The predicted octanol–water partition coefficient (Wildman–Crippen LogP) is 0.543. The topological polar surface area (TPSA) is 35.5 Å². The Labute approximate surface area is 97.9 Å². The van der Waals surface area contributed by atoms with Crippen LogP contribution in [0.4, 0.5) is 0 Å². The smallest absolute Gasteiger partial charge is 0.330 e. The summed E-state index contributed by atoms with van der Waals surface area (Å²) in [5.74, 6) is -0.326.